The number of aryl methyl sites for hydroxylation is 1. The van der Waals surface area contributed by atoms with Crippen molar-refractivity contribution < 1.29 is 9.53 Å². The third-order valence-electron chi connectivity index (χ3n) is 4.00. The van der Waals surface area contributed by atoms with E-state index in [-0.39, 0.29) is 11.3 Å². The predicted octanol–water partition coefficient (Wildman–Crippen LogP) is 4.72. The lowest BCUT2D eigenvalue weighted by Gasteiger charge is -2.19. The van der Waals surface area contributed by atoms with Crippen LogP contribution < -0.4 is 10.1 Å². The molecule has 0 aliphatic carbocycles. The molecule has 3 nitrogen and oxygen atoms in total. The van der Waals surface area contributed by atoms with Crippen molar-refractivity contribution >= 4 is 17.7 Å². The van der Waals surface area contributed by atoms with E-state index in [0.717, 1.165) is 11.5 Å². The summed E-state index contributed by atoms with van der Waals surface area (Å²) >= 11 is 1.63. The van der Waals surface area contributed by atoms with E-state index in [4.69, 9.17) is 4.74 Å². The van der Waals surface area contributed by atoms with Crippen LogP contribution in [0.4, 0.5) is 0 Å². The Labute approximate surface area is 161 Å². The van der Waals surface area contributed by atoms with Gasteiger partial charge in [0.15, 0.2) is 0 Å². The molecule has 0 spiro atoms. The van der Waals surface area contributed by atoms with Crippen molar-refractivity contribution in [3.05, 3.63) is 65.2 Å². The van der Waals surface area contributed by atoms with Gasteiger partial charge in [-0.3, -0.25) is 4.79 Å². The Hall–Kier alpha value is -1.94. The molecular weight excluding hydrogens is 342 g/mol. The highest BCUT2D eigenvalue weighted by molar-refractivity contribution is 7.99. The number of amides is 1. The summed E-state index contributed by atoms with van der Waals surface area (Å²) in [6, 6.07) is 16.5. The lowest BCUT2D eigenvalue weighted by molar-refractivity contribution is -0.118. The van der Waals surface area contributed by atoms with Crippen molar-refractivity contribution in [1.29, 1.82) is 0 Å². The topological polar surface area (TPSA) is 38.3 Å². The minimum atomic E-state index is 0.0503. The van der Waals surface area contributed by atoms with Crippen LogP contribution in [0.3, 0.4) is 0 Å². The Morgan fingerprint density at radius 2 is 1.85 bits per heavy atom. The third-order valence-corrected chi connectivity index (χ3v) is 5.00. The van der Waals surface area contributed by atoms with Gasteiger partial charge in [0, 0.05) is 5.75 Å². The first kappa shape index (κ1) is 20.4. The van der Waals surface area contributed by atoms with Crippen molar-refractivity contribution in [2.75, 3.05) is 18.9 Å². The monoisotopic (exact) mass is 371 g/mol. The molecule has 0 fully saturated rings. The predicted molar refractivity (Wildman–Crippen MR) is 111 cm³/mol. The molecule has 4 heteroatoms. The van der Waals surface area contributed by atoms with Gasteiger partial charge < -0.3 is 10.1 Å². The molecular formula is C22H29NO2S. The summed E-state index contributed by atoms with van der Waals surface area (Å²) in [6.07, 6.45) is 0. The number of carbonyl (C=O) groups is 1. The minimum Gasteiger partial charge on any atom is -0.492 e. The summed E-state index contributed by atoms with van der Waals surface area (Å²) < 4.78 is 5.69. The van der Waals surface area contributed by atoms with Crippen molar-refractivity contribution in [2.45, 2.75) is 38.9 Å². The number of rotatable bonds is 8. The lowest BCUT2D eigenvalue weighted by Crippen LogP contribution is -2.29. The number of hydrogen-bond acceptors (Lipinski definition) is 3. The Bertz CT molecular complexity index is 705. The first-order chi connectivity index (χ1) is 12.3. The molecule has 0 bridgehead atoms. The van der Waals surface area contributed by atoms with Crippen LogP contribution in [0.15, 0.2) is 48.5 Å². The molecule has 1 amide bonds. The van der Waals surface area contributed by atoms with Crippen LogP contribution in [0, 0.1) is 6.92 Å². The van der Waals surface area contributed by atoms with Gasteiger partial charge in [0.2, 0.25) is 5.91 Å². The van der Waals surface area contributed by atoms with Gasteiger partial charge in [-0.2, -0.15) is 0 Å². The number of thioether (sulfide) groups is 1. The van der Waals surface area contributed by atoms with E-state index in [2.05, 4.69) is 69.4 Å². The highest BCUT2D eigenvalue weighted by Crippen LogP contribution is 2.24. The Balaban J connectivity index is 1.61. The zero-order valence-corrected chi connectivity index (χ0v) is 17.0. The first-order valence-corrected chi connectivity index (χ1v) is 10.1. The van der Waals surface area contributed by atoms with Crippen molar-refractivity contribution in [1.82, 2.24) is 5.32 Å². The zero-order chi connectivity index (χ0) is 19.0. The average molecular weight is 372 g/mol. The van der Waals surface area contributed by atoms with Crippen LogP contribution in [0.2, 0.25) is 0 Å². The lowest BCUT2D eigenvalue weighted by atomic mass is 9.87. The fourth-order valence-corrected chi connectivity index (χ4v) is 3.33. The summed E-state index contributed by atoms with van der Waals surface area (Å²) in [5, 5.41) is 2.90. The SMILES string of the molecule is Cc1cccc(CSCC(=O)NCCOc2ccc(C(C)(C)C)cc2)c1. The highest BCUT2D eigenvalue weighted by atomic mass is 32.2. The van der Waals surface area contributed by atoms with Gasteiger partial charge in [-0.1, -0.05) is 62.7 Å². The molecule has 140 valence electrons. The number of nitrogens with one attached hydrogen (secondary N) is 1. The van der Waals surface area contributed by atoms with E-state index in [1.807, 2.05) is 12.1 Å². The molecule has 0 radical (unpaired) electrons. The van der Waals surface area contributed by atoms with Gasteiger partial charge in [-0.25, -0.2) is 0 Å². The quantitative estimate of drug-likeness (QED) is 0.682. The summed E-state index contributed by atoms with van der Waals surface area (Å²) in [6.45, 7) is 9.64. The second-order valence-electron chi connectivity index (χ2n) is 7.45. The summed E-state index contributed by atoms with van der Waals surface area (Å²) in [7, 11) is 0. The summed E-state index contributed by atoms with van der Waals surface area (Å²) in [4.78, 5) is 11.9. The zero-order valence-electron chi connectivity index (χ0n) is 16.2. The standard InChI is InChI=1S/C22H29NO2S/c1-17-6-5-7-18(14-17)15-26-16-21(24)23-12-13-25-20-10-8-19(9-11-20)22(2,3)4/h5-11,14H,12-13,15-16H2,1-4H3,(H,23,24). The van der Waals surface area contributed by atoms with Crippen LogP contribution in [0.1, 0.15) is 37.5 Å². The molecule has 0 aromatic heterocycles. The van der Waals surface area contributed by atoms with E-state index in [0.29, 0.717) is 18.9 Å². The minimum absolute atomic E-state index is 0.0503. The van der Waals surface area contributed by atoms with E-state index in [9.17, 15) is 4.79 Å². The number of ether oxygens (including phenoxy) is 1. The first-order valence-electron chi connectivity index (χ1n) is 8.98. The summed E-state index contributed by atoms with van der Waals surface area (Å²) in [5.41, 5.74) is 3.93. The highest BCUT2D eigenvalue weighted by Gasteiger charge is 2.12. The largest absolute Gasteiger partial charge is 0.492 e. The van der Waals surface area contributed by atoms with Crippen LogP contribution >= 0.6 is 11.8 Å². The fraction of sp³-hybridized carbons (Fsp3) is 0.409. The van der Waals surface area contributed by atoms with Gasteiger partial charge in [-0.05, 0) is 35.6 Å². The third kappa shape index (κ3) is 7.12. The maximum atomic E-state index is 11.9. The van der Waals surface area contributed by atoms with E-state index in [1.54, 1.807) is 11.8 Å². The van der Waals surface area contributed by atoms with Gasteiger partial charge >= 0.3 is 0 Å². The maximum Gasteiger partial charge on any atom is 0.230 e. The van der Waals surface area contributed by atoms with Crippen LogP contribution in [0.25, 0.3) is 0 Å². The van der Waals surface area contributed by atoms with Crippen molar-refractivity contribution in [3.63, 3.8) is 0 Å². The van der Waals surface area contributed by atoms with Gasteiger partial charge in [0.1, 0.15) is 12.4 Å². The van der Waals surface area contributed by atoms with Crippen molar-refractivity contribution in [2.24, 2.45) is 0 Å². The second kappa shape index (κ2) is 9.67. The molecule has 0 atom stereocenters. The molecule has 0 aliphatic rings. The Morgan fingerprint density at radius 3 is 2.50 bits per heavy atom. The molecule has 2 aromatic carbocycles. The van der Waals surface area contributed by atoms with E-state index in [1.165, 1.54) is 16.7 Å². The van der Waals surface area contributed by atoms with Crippen LogP contribution in [-0.2, 0) is 16.0 Å². The fourth-order valence-electron chi connectivity index (χ4n) is 2.53. The maximum absolute atomic E-state index is 11.9. The normalized spacial score (nSPS) is 11.2. The Kier molecular flexibility index (Phi) is 7.58. The van der Waals surface area contributed by atoms with Crippen LogP contribution in [0.5, 0.6) is 5.75 Å². The molecule has 0 saturated heterocycles. The number of hydrogen-bond donors (Lipinski definition) is 1. The van der Waals surface area contributed by atoms with E-state index >= 15 is 0 Å². The van der Waals surface area contributed by atoms with Gasteiger partial charge in [0.25, 0.3) is 0 Å². The molecule has 26 heavy (non-hydrogen) atoms. The molecule has 1 N–H and O–H groups in total. The van der Waals surface area contributed by atoms with E-state index < -0.39 is 0 Å². The second-order valence-corrected chi connectivity index (χ2v) is 8.44. The van der Waals surface area contributed by atoms with Gasteiger partial charge in [-0.15, -0.1) is 11.8 Å². The number of benzene rings is 2. The number of carbonyl (C=O) groups excluding carboxylic acids is 1. The molecule has 0 aliphatic heterocycles. The van der Waals surface area contributed by atoms with Crippen molar-refractivity contribution in [3.8, 4) is 5.75 Å². The summed E-state index contributed by atoms with van der Waals surface area (Å²) in [5.74, 6) is 2.20. The molecule has 0 unspecified atom stereocenters. The van der Waals surface area contributed by atoms with Gasteiger partial charge in [0.05, 0.1) is 12.3 Å². The molecule has 0 heterocycles. The Morgan fingerprint density at radius 1 is 1.12 bits per heavy atom. The molecule has 2 rings (SSSR count). The van der Waals surface area contributed by atoms with Crippen LogP contribution in [-0.4, -0.2) is 24.8 Å². The average Bonchev–Trinajstić information content (AvgIpc) is 2.58. The smallest absolute Gasteiger partial charge is 0.230 e. The molecule has 0 saturated carbocycles. The molecule has 2 aromatic rings.